The van der Waals surface area contributed by atoms with Gasteiger partial charge in [0, 0.05) is 6.54 Å². The monoisotopic (exact) mass is 341 g/mol. The molecule has 2 atom stereocenters. The van der Waals surface area contributed by atoms with Crippen molar-refractivity contribution >= 4 is 5.96 Å². The number of benzene rings is 3. The summed E-state index contributed by atoms with van der Waals surface area (Å²) in [5, 5.41) is 7.06. The van der Waals surface area contributed by atoms with E-state index in [1.54, 1.807) is 0 Å². The van der Waals surface area contributed by atoms with Gasteiger partial charge in [0.2, 0.25) is 0 Å². The summed E-state index contributed by atoms with van der Waals surface area (Å²) >= 11 is 0. The molecule has 0 saturated carbocycles. The van der Waals surface area contributed by atoms with E-state index in [2.05, 4.69) is 90.4 Å². The van der Waals surface area contributed by atoms with E-state index in [9.17, 15) is 0 Å². The number of guanidine groups is 1. The summed E-state index contributed by atoms with van der Waals surface area (Å²) in [4.78, 5) is 4.96. The highest BCUT2D eigenvalue weighted by Gasteiger charge is 2.31. The summed E-state index contributed by atoms with van der Waals surface area (Å²) in [5.74, 6) is 0.857. The zero-order chi connectivity index (χ0) is 17.8. The highest BCUT2D eigenvalue weighted by molar-refractivity contribution is 5.82. The Labute approximate surface area is 154 Å². The zero-order valence-corrected chi connectivity index (χ0v) is 14.9. The van der Waals surface area contributed by atoms with Crippen molar-refractivity contribution in [2.75, 3.05) is 0 Å². The SMILES string of the molecule is Cc1ccccc1CNC1=N[C@@H](c2ccccc2)[C@@H](c2ccccc2)N1. The van der Waals surface area contributed by atoms with Crippen molar-refractivity contribution in [1.29, 1.82) is 0 Å². The Kier molecular flexibility index (Phi) is 4.69. The Morgan fingerprint density at radius 1 is 0.808 bits per heavy atom. The first-order valence-electron chi connectivity index (χ1n) is 9.04. The predicted molar refractivity (Wildman–Crippen MR) is 107 cm³/mol. The summed E-state index contributed by atoms with van der Waals surface area (Å²) in [6.07, 6.45) is 0. The molecule has 26 heavy (non-hydrogen) atoms. The van der Waals surface area contributed by atoms with E-state index in [0.717, 1.165) is 12.5 Å². The molecule has 3 nitrogen and oxygen atoms in total. The molecule has 3 aromatic carbocycles. The van der Waals surface area contributed by atoms with E-state index in [4.69, 9.17) is 4.99 Å². The van der Waals surface area contributed by atoms with Crippen LogP contribution in [0.2, 0.25) is 0 Å². The number of aryl methyl sites for hydroxylation is 1. The number of hydrogen-bond donors (Lipinski definition) is 2. The molecule has 0 amide bonds. The van der Waals surface area contributed by atoms with Gasteiger partial charge in [0.15, 0.2) is 5.96 Å². The van der Waals surface area contributed by atoms with Crippen LogP contribution in [-0.4, -0.2) is 5.96 Å². The Morgan fingerprint density at radius 3 is 2.12 bits per heavy atom. The van der Waals surface area contributed by atoms with Crippen molar-refractivity contribution in [3.05, 3.63) is 107 Å². The maximum atomic E-state index is 4.96. The lowest BCUT2D eigenvalue weighted by atomic mass is 9.95. The van der Waals surface area contributed by atoms with Crippen molar-refractivity contribution in [3.8, 4) is 0 Å². The molecule has 2 N–H and O–H groups in total. The molecule has 0 fully saturated rings. The van der Waals surface area contributed by atoms with Crippen LogP contribution in [0, 0.1) is 6.92 Å². The van der Waals surface area contributed by atoms with E-state index in [1.807, 2.05) is 12.1 Å². The molecule has 0 spiro atoms. The number of rotatable bonds is 4. The molecule has 1 heterocycles. The van der Waals surface area contributed by atoms with Crippen LogP contribution >= 0.6 is 0 Å². The highest BCUT2D eigenvalue weighted by atomic mass is 15.3. The molecule has 130 valence electrons. The van der Waals surface area contributed by atoms with Gasteiger partial charge in [0.25, 0.3) is 0 Å². The number of aliphatic imine (C=N–C) groups is 1. The minimum absolute atomic E-state index is 0.0676. The van der Waals surface area contributed by atoms with Crippen LogP contribution in [0.5, 0.6) is 0 Å². The van der Waals surface area contributed by atoms with Crippen LogP contribution in [0.1, 0.15) is 34.3 Å². The van der Waals surface area contributed by atoms with E-state index < -0.39 is 0 Å². The lowest BCUT2D eigenvalue weighted by Gasteiger charge is -2.19. The van der Waals surface area contributed by atoms with Gasteiger partial charge in [0.05, 0.1) is 6.04 Å². The van der Waals surface area contributed by atoms with Crippen molar-refractivity contribution in [3.63, 3.8) is 0 Å². The van der Waals surface area contributed by atoms with Gasteiger partial charge in [-0.2, -0.15) is 0 Å². The third kappa shape index (κ3) is 3.47. The van der Waals surface area contributed by atoms with Crippen molar-refractivity contribution < 1.29 is 0 Å². The van der Waals surface area contributed by atoms with Crippen LogP contribution in [0.25, 0.3) is 0 Å². The van der Waals surface area contributed by atoms with Gasteiger partial charge in [-0.3, -0.25) is 0 Å². The second-order valence-electron chi connectivity index (χ2n) is 6.65. The Morgan fingerprint density at radius 2 is 1.42 bits per heavy atom. The van der Waals surface area contributed by atoms with Crippen LogP contribution in [-0.2, 0) is 6.54 Å². The maximum Gasteiger partial charge on any atom is 0.192 e. The third-order valence-electron chi connectivity index (χ3n) is 4.88. The fraction of sp³-hybridized carbons (Fsp3) is 0.174. The summed E-state index contributed by atoms with van der Waals surface area (Å²) < 4.78 is 0. The smallest absolute Gasteiger partial charge is 0.192 e. The van der Waals surface area contributed by atoms with Gasteiger partial charge in [-0.1, -0.05) is 84.9 Å². The van der Waals surface area contributed by atoms with Gasteiger partial charge in [0.1, 0.15) is 6.04 Å². The minimum atomic E-state index is 0.0676. The first kappa shape index (κ1) is 16.4. The average Bonchev–Trinajstić information content (AvgIpc) is 3.13. The van der Waals surface area contributed by atoms with Crippen molar-refractivity contribution in [2.24, 2.45) is 4.99 Å². The standard InChI is InChI=1S/C23H23N3/c1-17-10-8-9-15-20(17)16-24-23-25-21(18-11-4-2-5-12-18)22(26-23)19-13-6-3-7-14-19/h2-15,21-22H,16H2,1H3,(H2,24,25,26)/t21-,22+. The third-order valence-corrected chi connectivity index (χ3v) is 4.88. The average molecular weight is 341 g/mol. The zero-order valence-electron chi connectivity index (χ0n) is 14.9. The Balaban J connectivity index is 1.57. The van der Waals surface area contributed by atoms with Crippen molar-refractivity contribution in [1.82, 2.24) is 10.6 Å². The predicted octanol–water partition coefficient (Wildman–Crippen LogP) is 4.53. The fourth-order valence-corrected chi connectivity index (χ4v) is 3.40. The van der Waals surface area contributed by atoms with Crippen molar-refractivity contribution in [2.45, 2.75) is 25.6 Å². The molecule has 3 aromatic rings. The molecule has 4 rings (SSSR count). The molecule has 0 radical (unpaired) electrons. The number of hydrogen-bond acceptors (Lipinski definition) is 3. The maximum absolute atomic E-state index is 4.96. The molecule has 1 aliphatic heterocycles. The summed E-state index contributed by atoms with van der Waals surface area (Å²) in [7, 11) is 0. The fourth-order valence-electron chi connectivity index (χ4n) is 3.40. The van der Waals surface area contributed by atoms with Gasteiger partial charge in [-0.25, -0.2) is 4.99 Å². The van der Waals surface area contributed by atoms with Gasteiger partial charge in [-0.05, 0) is 29.2 Å². The summed E-state index contributed by atoms with van der Waals surface area (Å²) in [5.41, 5.74) is 5.05. The second-order valence-corrected chi connectivity index (χ2v) is 6.65. The second kappa shape index (κ2) is 7.44. The van der Waals surface area contributed by atoms with E-state index in [-0.39, 0.29) is 12.1 Å². The highest BCUT2D eigenvalue weighted by Crippen LogP contribution is 2.35. The minimum Gasteiger partial charge on any atom is -0.352 e. The van der Waals surface area contributed by atoms with Gasteiger partial charge < -0.3 is 10.6 Å². The Bertz CT molecular complexity index is 888. The Hall–Kier alpha value is -3.07. The molecule has 1 aliphatic rings. The first-order chi connectivity index (χ1) is 12.8. The molecule has 0 aromatic heterocycles. The molecule has 0 aliphatic carbocycles. The van der Waals surface area contributed by atoms with Crippen LogP contribution in [0.3, 0.4) is 0 Å². The van der Waals surface area contributed by atoms with Gasteiger partial charge >= 0.3 is 0 Å². The lowest BCUT2D eigenvalue weighted by Crippen LogP contribution is -2.35. The number of nitrogens with one attached hydrogen (secondary N) is 2. The molecule has 0 unspecified atom stereocenters. The molecule has 3 heteroatoms. The van der Waals surface area contributed by atoms with Crippen LogP contribution in [0.4, 0.5) is 0 Å². The van der Waals surface area contributed by atoms with Crippen LogP contribution < -0.4 is 10.6 Å². The molecule has 0 bridgehead atoms. The molecular weight excluding hydrogens is 318 g/mol. The molecule has 0 saturated heterocycles. The topological polar surface area (TPSA) is 36.4 Å². The quantitative estimate of drug-likeness (QED) is 0.732. The van der Waals surface area contributed by atoms with E-state index in [1.165, 1.54) is 22.3 Å². The number of nitrogens with zero attached hydrogens (tertiary/aromatic N) is 1. The van der Waals surface area contributed by atoms with Gasteiger partial charge in [-0.15, -0.1) is 0 Å². The lowest BCUT2D eigenvalue weighted by molar-refractivity contribution is 0.570. The summed E-state index contributed by atoms with van der Waals surface area (Å²) in [6, 6.07) is 29.7. The van der Waals surface area contributed by atoms with Crippen LogP contribution in [0.15, 0.2) is 89.9 Å². The van der Waals surface area contributed by atoms with E-state index in [0.29, 0.717) is 0 Å². The largest absolute Gasteiger partial charge is 0.352 e. The molecular formula is C23H23N3. The normalized spacial score (nSPS) is 18.9. The summed E-state index contributed by atoms with van der Waals surface area (Å²) in [6.45, 7) is 2.90. The van der Waals surface area contributed by atoms with E-state index >= 15 is 0 Å². The first-order valence-corrected chi connectivity index (χ1v) is 9.04.